The number of aryl methyl sites for hydroxylation is 1. The number of nitrogens with zero attached hydrogens (tertiary/aromatic N) is 2. The van der Waals surface area contributed by atoms with Crippen LogP contribution in [0.25, 0.3) is 0 Å². The van der Waals surface area contributed by atoms with E-state index in [9.17, 15) is 4.79 Å². The molecule has 24 heavy (non-hydrogen) atoms. The van der Waals surface area contributed by atoms with Crippen LogP contribution >= 0.6 is 0 Å². The second-order valence-electron chi connectivity index (χ2n) is 7.08. The molecule has 2 fully saturated rings. The maximum Gasteiger partial charge on any atom is 0.254 e. The van der Waals surface area contributed by atoms with Crippen molar-refractivity contribution in [3.63, 3.8) is 0 Å². The van der Waals surface area contributed by atoms with Crippen LogP contribution in [0.15, 0.2) is 24.3 Å². The lowest BCUT2D eigenvalue weighted by Crippen LogP contribution is -2.44. The van der Waals surface area contributed by atoms with Crippen LogP contribution in [0.2, 0.25) is 0 Å². The average molecular weight is 332 g/mol. The molecule has 1 aromatic rings. The Morgan fingerprint density at radius 1 is 1.42 bits per heavy atom. The van der Waals surface area contributed by atoms with E-state index in [2.05, 4.69) is 4.90 Å². The first kappa shape index (κ1) is 17.4. The van der Waals surface area contributed by atoms with E-state index in [-0.39, 0.29) is 24.2 Å². The molecule has 3 atom stereocenters. The number of hydrogen-bond acceptors (Lipinski definition) is 4. The Morgan fingerprint density at radius 3 is 3.00 bits per heavy atom. The van der Waals surface area contributed by atoms with Crippen molar-refractivity contribution >= 4 is 5.91 Å². The SMILES string of the molecule is Cc1cccc(C(=O)N2C[C@@H](OCCN(C)C)[C@@H]3OCCC[C@@H]32)c1. The number of rotatable bonds is 5. The monoisotopic (exact) mass is 332 g/mol. The van der Waals surface area contributed by atoms with Gasteiger partial charge in [0.25, 0.3) is 5.91 Å². The first-order valence-electron chi connectivity index (χ1n) is 8.82. The van der Waals surface area contributed by atoms with Gasteiger partial charge in [0.15, 0.2) is 0 Å². The summed E-state index contributed by atoms with van der Waals surface area (Å²) >= 11 is 0. The Balaban J connectivity index is 1.72. The summed E-state index contributed by atoms with van der Waals surface area (Å²) in [6.45, 7) is 4.94. The van der Waals surface area contributed by atoms with Gasteiger partial charge in [-0.3, -0.25) is 4.79 Å². The number of amides is 1. The van der Waals surface area contributed by atoms with Crippen LogP contribution in [0.5, 0.6) is 0 Å². The predicted molar refractivity (Wildman–Crippen MR) is 93.3 cm³/mol. The lowest BCUT2D eigenvalue weighted by atomic mass is 10.0. The van der Waals surface area contributed by atoms with Crippen molar-refractivity contribution in [3.8, 4) is 0 Å². The van der Waals surface area contributed by atoms with Crippen LogP contribution in [0.3, 0.4) is 0 Å². The summed E-state index contributed by atoms with van der Waals surface area (Å²) in [5.41, 5.74) is 1.86. The molecule has 5 nitrogen and oxygen atoms in total. The summed E-state index contributed by atoms with van der Waals surface area (Å²) in [5.74, 6) is 0.0953. The molecule has 0 bridgehead atoms. The van der Waals surface area contributed by atoms with Crippen LogP contribution in [-0.4, -0.2) is 74.4 Å². The molecule has 132 valence electrons. The van der Waals surface area contributed by atoms with Crippen molar-refractivity contribution in [1.29, 1.82) is 0 Å². The van der Waals surface area contributed by atoms with E-state index in [0.29, 0.717) is 13.2 Å². The highest BCUT2D eigenvalue weighted by molar-refractivity contribution is 5.95. The van der Waals surface area contributed by atoms with Crippen LogP contribution in [0.1, 0.15) is 28.8 Å². The zero-order valence-electron chi connectivity index (χ0n) is 14.9. The molecule has 0 spiro atoms. The van der Waals surface area contributed by atoms with Gasteiger partial charge in [-0.2, -0.15) is 0 Å². The largest absolute Gasteiger partial charge is 0.373 e. The van der Waals surface area contributed by atoms with Crippen LogP contribution in [-0.2, 0) is 9.47 Å². The number of fused-ring (bicyclic) bond motifs is 1. The van der Waals surface area contributed by atoms with Crippen molar-refractivity contribution in [1.82, 2.24) is 9.80 Å². The molecule has 0 saturated carbocycles. The fourth-order valence-electron chi connectivity index (χ4n) is 3.62. The Hall–Kier alpha value is -1.43. The first-order chi connectivity index (χ1) is 11.6. The minimum Gasteiger partial charge on any atom is -0.373 e. The molecule has 3 rings (SSSR count). The first-order valence-corrected chi connectivity index (χ1v) is 8.82. The maximum atomic E-state index is 13.0. The minimum atomic E-state index is -0.0241. The summed E-state index contributed by atoms with van der Waals surface area (Å²) in [4.78, 5) is 17.1. The number of carbonyl (C=O) groups is 1. The lowest BCUT2D eigenvalue weighted by Gasteiger charge is -2.32. The van der Waals surface area contributed by atoms with Crippen LogP contribution in [0.4, 0.5) is 0 Å². The average Bonchev–Trinajstić information content (AvgIpc) is 2.93. The summed E-state index contributed by atoms with van der Waals surface area (Å²) in [7, 11) is 4.07. The molecule has 0 N–H and O–H groups in total. The Labute approximate surface area is 144 Å². The Kier molecular flexibility index (Phi) is 5.54. The lowest BCUT2D eigenvalue weighted by molar-refractivity contribution is -0.0776. The van der Waals surface area contributed by atoms with Gasteiger partial charge in [-0.05, 0) is 46.0 Å². The molecule has 2 heterocycles. The van der Waals surface area contributed by atoms with Gasteiger partial charge in [-0.15, -0.1) is 0 Å². The van der Waals surface area contributed by atoms with Gasteiger partial charge in [0, 0.05) is 18.7 Å². The zero-order chi connectivity index (χ0) is 17.1. The summed E-state index contributed by atoms with van der Waals surface area (Å²) in [5, 5.41) is 0. The molecule has 1 aromatic carbocycles. The third kappa shape index (κ3) is 3.79. The van der Waals surface area contributed by atoms with Crippen molar-refractivity contribution in [3.05, 3.63) is 35.4 Å². The van der Waals surface area contributed by atoms with Crippen molar-refractivity contribution < 1.29 is 14.3 Å². The molecular formula is C19H28N2O3. The van der Waals surface area contributed by atoms with E-state index >= 15 is 0 Å². The molecule has 0 aromatic heterocycles. The van der Waals surface area contributed by atoms with Gasteiger partial charge in [0.1, 0.15) is 12.2 Å². The van der Waals surface area contributed by atoms with Crippen molar-refractivity contribution in [2.75, 3.05) is 40.4 Å². The molecule has 0 aliphatic carbocycles. The number of likely N-dealkylation sites (tertiary alicyclic amines) is 1. The maximum absolute atomic E-state index is 13.0. The molecule has 1 amide bonds. The molecular weight excluding hydrogens is 304 g/mol. The van der Waals surface area contributed by atoms with Gasteiger partial charge < -0.3 is 19.3 Å². The quantitative estimate of drug-likeness (QED) is 0.826. The topological polar surface area (TPSA) is 42.0 Å². The van der Waals surface area contributed by atoms with E-state index in [1.807, 2.05) is 50.2 Å². The van der Waals surface area contributed by atoms with Crippen molar-refractivity contribution in [2.24, 2.45) is 0 Å². The number of likely N-dealkylation sites (N-methyl/N-ethyl adjacent to an activating group) is 1. The van der Waals surface area contributed by atoms with Crippen molar-refractivity contribution in [2.45, 2.75) is 38.0 Å². The highest BCUT2D eigenvalue weighted by atomic mass is 16.5. The number of carbonyl (C=O) groups excluding carboxylic acids is 1. The summed E-state index contributed by atoms with van der Waals surface area (Å²) < 4.78 is 12.0. The number of benzene rings is 1. The molecule has 2 aliphatic heterocycles. The standard InChI is InChI=1S/C19H28N2O3/c1-14-6-4-7-15(12-14)19(22)21-13-17(23-11-9-20(2)3)18-16(21)8-5-10-24-18/h4,6-7,12,16-18H,5,8-11,13H2,1-3H3/t16-,17+,18+/m0/s1. The highest BCUT2D eigenvalue weighted by Gasteiger charge is 2.46. The van der Waals surface area contributed by atoms with E-state index < -0.39 is 0 Å². The third-order valence-corrected chi connectivity index (χ3v) is 4.87. The third-order valence-electron chi connectivity index (χ3n) is 4.87. The normalized spacial score (nSPS) is 26.7. The number of hydrogen-bond donors (Lipinski definition) is 0. The summed E-state index contributed by atoms with van der Waals surface area (Å²) in [6.07, 6.45) is 1.98. The smallest absolute Gasteiger partial charge is 0.254 e. The van der Waals surface area contributed by atoms with Crippen LogP contribution in [0, 0.1) is 6.92 Å². The molecule has 2 aliphatic rings. The predicted octanol–water partition coefficient (Wildman–Crippen LogP) is 1.95. The highest BCUT2D eigenvalue weighted by Crippen LogP contribution is 2.31. The van der Waals surface area contributed by atoms with E-state index in [1.165, 1.54) is 0 Å². The second kappa shape index (κ2) is 7.64. The second-order valence-corrected chi connectivity index (χ2v) is 7.08. The zero-order valence-corrected chi connectivity index (χ0v) is 14.9. The fourth-order valence-corrected chi connectivity index (χ4v) is 3.62. The molecule has 2 saturated heterocycles. The molecule has 0 radical (unpaired) electrons. The van der Waals surface area contributed by atoms with Gasteiger partial charge in [-0.25, -0.2) is 0 Å². The number of ether oxygens (including phenoxy) is 2. The molecule has 0 unspecified atom stereocenters. The fraction of sp³-hybridized carbons (Fsp3) is 0.632. The van der Waals surface area contributed by atoms with Gasteiger partial charge in [-0.1, -0.05) is 17.7 Å². The van der Waals surface area contributed by atoms with E-state index in [4.69, 9.17) is 9.47 Å². The minimum absolute atomic E-state index is 0.00896. The Morgan fingerprint density at radius 2 is 2.25 bits per heavy atom. The van der Waals surface area contributed by atoms with Gasteiger partial charge >= 0.3 is 0 Å². The Bertz CT molecular complexity index is 575. The van der Waals surface area contributed by atoms with E-state index in [0.717, 1.165) is 37.1 Å². The van der Waals surface area contributed by atoms with Gasteiger partial charge in [0.2, 0.25) is 0 Å². The van der Waals surface area contributed by atoms with E-state index in [1.54, 1.807) is 0 Å². The summed E-state index contributed by atoms with van der Waals surface area (Å²) in [6, 6.07) is 7.95. The molecule has 5 heteroatoms. The van der Waals surface area contributed by atoms with Crippen LogP contribution < -0.4 is 0 Å². The van der Waals surface area contributed by atoms with Gasteiger partial charge in [0.05, 0.1) is 19.2 Å².